The van der Waals surface area contributed by atoms with Gasteiger partial charge >= 0.3 is 0 Å². The summed E-state index contributed by atoms with van der Waals surface area (Å²) in [7, 11) is 1.64. The molecule has 1 heterocycles. The minimum Gasteiger partial charge on any atom is -0.504 e. The molecule has 1 fully saturated rings. The van der Waals surface area contributed by atoms with E-state index in [1.165, 1.54) is 6.07 Å². The molecular formula is C14H18FNO. The Hall–Kier alpha value is -1.35. The van der Waals surface area contributed by atoms with Gasteiger partial charge in [0.05, 0.1) is 13.4 Å². The van der Waals surface area contributed by atoms with Gasteiger partial charge in [0.25, 0.3) is 0 Å². The Morgan fingerprint density at radius 3 is 2.82 bits per heavy atom. The molecule has 1 aromatic rings. The minimum atomic E-state index is -0.196. The van der Waals surface area contributed by atoms with Gasteiger partial charge in [0.2, 0.25) is 0 Å². The third kappa shape index (κ3) is 3.07. The van der Waals surface area contributed by atoms with Crippen molar-refractivity contribution in [1.82, 2.24) is 5.32 Å². The van der Waals surface area contributed by atoms with Crippen molar-refractivity contribution in [1.29, 1.82) is 0 Å². The van der Waals surface area contributed by atoms with Crippen LogP contribution in [0.25, 0.3) is 5.57 Å². The third-order valence-electron chi connectivity index (χ3n) is 3.18. The van der Waals surface area contributed by atoms with Crippen LogP contribution in [0.5, 0.6) is 0 Å². The highest BCUT2D eigenvalue weighted by Crippen LogP contribution is 2.30. The van der Waals surface area contributed by atoms with Gasteiger partial charge in [0.15, 0.2) is 0 Å². The highest BCUT2D eigenvalue weighted by molar-refractivity contribution is 5.66. The minimum absolute atomic E-state index is 0.196. The number of piperidine rings is 1. The molecule has 0 saturated carbocycles. The molecular weight excluding hydrogens is 217 g/mol. The van der Waals surface area contributed by atoms with Crippen LogP contribution in [-0.4, -0.2) is 20.2 Å². The number of halogens is 1. The van der Waals surface area contributed by atoms with E-state index >= 15 is 0 Å². The molecule has 0 radical (unpaired) electrons. The lowest BCUT2D eigenvalue weighted by Crippen LogP contribution is -2.28. The molecule has 0 aromatic heterocycles. The SMILES string of the molecule is CO/C=C(\c1cccc(F)c1)C1CCNCC1. The summed E-state index contributed by atoms with van der Waals surface area (Å²) in [6, 6.07) is 6.73. The van der Waals surface area contributed by atoms with Gasteiger partial charge in [-0.15, -0.1) is 0 Å². The number of rotatable bonds is 3. The lowest BCUT2D eigenvalue weighted by atomic mass is 9.86. The van der Waals surface area contributed by atoms with E-state index < -0.39 is 0 Å². The molecule has 2 rings (SSSR count). The fraction of sp³-hybridized carbons (Fsp3) is 0.429. The van der Waals surface area contributed by atoms with Crippen LogP contribution >= 0.6 is 0 Å². The summed E-state index contributed by atoms with van der Waals surface area (Å²) in [5.41, 5.74) is 2.03. The van der Waals surface area contributed by atoms with Crippen LogP contribution in [0, 0.1) is 11.7 Å². The summed E-state index contributed by atoms with van der Waals surface area (Å²) < 4.78 is 18.4. The second-order valence-electron chi connectivity index (χ2n) is 4.34. The fourth-order valence-electron chi connectivity index (χ4n) is 2.33. The zero-order chi connectivity index (χ0) is 12.1. The number of ether oxygens (including phenoxy) is 1. The van der Waals surface area contributed by atoms with E-state index in [9.17, 15) is 4.39 Å². The van der Waals surface area contributed by atoms with Crippen molar-refractivity contribution in [3.63, 3.8) is 0 Å². The van der Waals surface area contributed by atoms with Crippen molar-refractivity contribution < 1.29 is 9.13 Å². The van der Waals surface area contributed by atoms with Crippen molar-refractivity contribution in [3.8, 4) is 0 Å². The number of hydrogen-bond acceptors (Lipinski definition) is 2. The Morgan fingerprint density at radius 1 is 1.41 bits per heavy atom. The lowest BCUT2D eigenvalue weighted by Gasteiger charge is -2.25. The van der Waals surface area contributed by atoms with Crippen molar-refractivity contribution >= 4 is 5.57 Å². The number of nitrogens with one attached hydrogen (secondary N) is 1. The van der Waals surface area contributed by atoms with Crippen molar-refractivity contribution in [3.05, 3.63) is 41.9 Å². The van der Waals surface area contributed by atoms with Crippen molar-refractivity contribution in [2.75, 3.05) is 20.2 Å². The summed E-state index contributed by atoms with van der Waals surface area (Å²) in [5, 5.41) is 3.33. The molecule has 1 N–H and O–H groups in total. The van der Waals surface area contributed by atoms with Crippen LogP contribution in [0.15, 0.2) is 30.5 Å². The van der Waals surface area contributed by atoms with Crippen molar-refractivity contribution in [2.45, 2.75) is 12.8 Å². The maximum Gasteiger partial charge on any atom is 0.123 e. The first-order chi connectivity index (χ1) is 8.31. The summed E-state index contributed by atoms with van der Waals surface area (Å²) in [6.07, 6.45) is 3.90. The molecule has 0 atom stereocenters. The van der Waals surface area contributed by atoms with Gasteiger partial charge in [0, 0.05) is 0 Å². The molecule has 0 amide bonds. The standard InChI is InChI=1S/C14H18FNO/c1-17-10-14(11-5-7-16-8-6-11)12-3-2-4-13(15)9-12/h2-4,9-11,16H,5-8H2,1H3/b14-10-. The number of methoxy groups -OCH3 is 1. The van der Waals surface area contributed by atoms with E-state index in [0.29, 0.717) is 5.92 Å². The number of allylic oxidation sites excluding steroid dienone is 1. The molecule has 1 aliphatic rings. The van der Waals surface area contributed by atoms with Gasteiger partial charge in [-0.25, -0.2) is 4.39 Å². The zero-order valence-corrected chi connectivity index (χ0v) is 10.1. The first-order valence-electron chi connectivity index (χ1n) is 6.01. The topological polar surface area (TPSA) is 21.3 Å². The third-order valence-corrected chi connectivity index (χ3v) is 3.18. The lowest BCUT2D eigenvalue weighted by molar-refractivity contribution is 0.333. The zero-order valence-electron chi connectivity index (χ0n) is 10.1. The average molecular weight is 235 g/mol. The number of benzene rings is 1. The Labute approximate surface area is 101 Å². The molecule has 1 aromatic carbocycles. The Kier molecular flexibility index (Phi) is 4.15. The van der Waals surface area contributed by atoms with Crippen LogP contribution in [0.2, 0.25) is 0 Å². The van der Waals surface area contributed by atoms with Crippen LogP contribution in [0.4, 0.5) is 4.39 Å². The summed E-state index contributed by atoms with van der Waals surface area (Å²) in [4.78, 5) is 0. The average Bonchev–Trinajstić information content (AvgIpc) is 2.37. The first kappa shape index (κ1) is 12.1. The molecule has 3 heteroatoms. The second kappa shape index (κ2) is 5.82. The monoisotopic (exact) mass is 235 g/mol. The smallest absolute Gasteiger partial charge is 0.123 e. The molecule has 92 valence electrons. The van der Waals surface area contributed by atoms with Crippen LogP contribution in [0.1, 0.15) is 18.4 Å². The summed E-state index contributed by atoms with van der Waals surface area (Å²) >= 11 is 0. The normalized spacial score (nSPS) is 18.1. The number of hydrogen-bond donors (Lipinski definition) is 1. The Morgan fingerprint density at radius 2 is 2.18 bits per heavy atom. The van der Waals surface area contributed by atoms with Gasteiger partial charge in [-0.2, -0.15) is 0 Å². The molecule has 2 nitrogen and oxygen atoms in total. The maximum atomic E-state index is 13.3. The van der Waals surface area contributed by atoms with Gasteiger partial charge < -0.3 is 10.1 Å². The molecule has 0 unspecified atom stereocenters. The summed E-state index contributed by atoms with van der Waals surface area (Å²) in [5.74, 6) is 0.261. The Balaban J connectivity index is 2.25. The first-order valence-corrected chi connectivity index (χ1v) is 6.01. The van der Waals surface area contributed by atoms with Crippen LogP contribution in [0.3, 0.4) is 0 Å². The van der Waals surface area contributed by atoms with Crippen LogP contribution in [-0.2, 0) is 4.74 Å². The second-order valence-corrected chi connectivity index (χ2v) is 4.34. The molecule has 0 spiro atoms. The van der Waals surface area contributed by atoms with E-state index in [4.69, 9.17) is 4.74 Å². The maximum absolute atomic E-state index is 13.3. The van der Waals surface area contributed by atoms with Gasteiger partial charge in [-0.3, -0.25) is 0 Å². The predicted molar refractivity (Wildman–Crippen MR) is 67.0 cm³/mol. The van der Waals surface area contributed by atoms with E-state index in [1.807, 2.05) is 6.07 Å². The highest BCUT2D eigenvalue weighted by atomic mass is 19.1. The van der Waals surface area contributed by atoms with Gasteiger partial charge in [-0.05, 0) is 55.1 Å². The van der Waals surface area contributed by atoms with Crippen LogP contribution < -0.4 is 5.32 Å². The predicted octanol–water partition coefficient (Wildman–Crippen LogP) is 2.81. The molecule has 17 heavy (non-hydrogen) atoms. The van der Waals surface area contributed by atoms with Gasteiger partial charge in [-0.1, -0.05) is 12.1 Å². The quantitative estimate of drug-likeness (QED) is 0.813. The Bertz CT molecular complexity index is 397. The molecule has 0 bridgehead atoms. The largest absolute Gasteiger partial charge is 0.504 e. The fourth-order valence-corrected chi connectivity index (χ4v) is 2.33. The van der Waals surface area contributed by atoms with Gasteiger partial charge in [0.1, 0.15) is 5.82 Å². The highest BCUT2D eigenvalue weighted by Gasteiger charge is 2.19. The molecule has 1 aliphatic heterocycles. The van der Waals surface area contributed by atoms with E-state index in [1.54, 1.807) is 25.5 Å². The van der Waals surface area contributed by atoms with Crippen molar-refractivity contribution in [2.24, 2.45) is 5.92 Å². The van der Waals surface area contributed by atoms with E-state index in [2.05, 4.69) is 5.32 Å². The van der Waals surface area contributed by atoms with E-state index in [-0.39, 0.29) is 5.82 Å². The van der Waals surface area contributed by atoms with E-state index in [0.717, 1.165) is 37.1 Å². The summed E-state index contributed by atoms with van der Waals surface area (Å²) in [6.45, 7) is 2.03. The molecule has 1 saturated heterocycles. The molecule has 0 aliphatic carbocycles.